The minimum atomic E-state index is -0.817. The molecule has 0 saturated heterocycles. The highest BCUT2D eigenvalue weighted by Crippen LogP contribution is 2.28. The molecular formula is C12H9ClO5. The largest absolute Gasteiger partial charge is 0.506 e. The molecule has 1 aromatic carbocycles. The zero-order chi connectivity index (χ0) is 13.3. The number of carbonyl (C=O) groups is 1. The lowest BCUT2D eigenvalue weighted by molar-refractivity contribution is 0.0522. The summed E-state index contributed by atoms with van der Waals surface area (Å²) in [5, 5.41) is 9.92. The van der Waals surface area contributed by atoms with E-state index in [0.717, 1.165) is 0 Å². The van der Waals surface area contributed by atoms with Crippen molar-refractivity contribution in [2.75, 3.05) is 6.61 Å². The van der Waals surface area contributed by atoms with Gasteiger partial charge in [0.1, 0.15) is 16.9 Å². The third-order valence-corrected chi connectivity index (χ3v) is 2.60. The van der Waals surface area contributed by atoms with E-state index in [2.05, 4.69) is 0 Å². The van der Waals surface area contributed by atoms with Gasteiger partial charge < -0.3 is 14.3 Å². The van der Waals surface area contributed by atoms with Crippen molar-refractivity contribution in [3.63, 3.8) is 0 Å². The zero-order valence-electron chi connectivity index (χ0n) is 9.40. The van der Waals surface area contributed by atoms with Gasteiger partial charge in [0.25, 0.3) is 0 Å². The second-order valence-corrected chi connectivity index (χ2v) is 3.92. The number of benzene rings is 1. The number of rotatable bonds is 2. The Hall–Kier alpha value is -2.01. The molecule has 1 aromatic heterocycles. The summed E-state index contributed by atoms with van der Waals surface area (Å²) < 4.78 is 9.65. The van der Waals surface area contributed by atoms with Crippen LogP contribution < -0.4 is 5.63 Å². The zero-order valence-corrected chi connectivity index (χ0v) is 10.2. The van der Waals surface area contributed by atoms with Gasteiger partial charge in [-0.05, 0) is 19.1 Å². The van der Waals surface area contributed by atoms with E-state index in [0.29, 0.717) is 5.39 Å². The average molecular weight is 269 g/mol. The highest BCUT2D eigenvalue weighted by atomic mass is 35.5. The molecule has 2 rings (SSSR count). The van der Waals surface area contributed by atoms with Crippen molar-refractivity contribution in [3.05, 3.63) is 39.2 Å². The maximum atomic E-state index is 11.6. The third-order valence-electron chi connectivity index (χ3n) is 2.30. The van der Waals surface area contributed by atoms with E-state index < -0.39 is 11.6 Å². The van der Waals surface area contributed by atoms with E-state index >= 15 is 0 Å². The van der Waals surface area contributed by atoms with Crippen LogP contribution in [0.15, 0.2) is 27.4 Å². The summed E-state index contributed by atoms with van der Waals surface area (Å²) in [6, 6.07) is 3.94. The van der Waals surface area contributed by atoms with Crippen LogP contribution in [0.25, 0.3) is 11.0 Å². The van der Waals surface area contributed by atoms with Crippen molar-refractivity contribution in [1.82, 2.24) is 0 Å². The van der Waals surface area contributed by atoms with Gasteiger partial charge in [-0.3, -0.25) is 0 Å². The molecule has 5 nitrogen and oxygen atoms in total. The first-order valence-corrected chi connectivity index (χ1v) is 5.54. The Bertz CT molecular complexity index is 674. The van der Waals surface area contributed by atoms with Gasteiger partial charge in [-0.1, -0.05) is 11.6 Å². The molecule has 0 radical (unpaired) electrons. The minimum Gasteiger partial charge on any atom is -0.506 e. The number of hydrogen-bond acceptors (Lipinski definition) is 5. The standard InChI is InChI=1S/C12H9ClO5/c1-2-17-11(15)7-3-6-4-8(13)9(14)5-10(6)18-12(7)16/h3-5,14H,2H2,1H3. The first-order chi connectivity index (χ1) is 8.52. The number of halogens is 1. The van der Waals surface area contributed by atoms with Crippen LogP contribution in [-0.4, -0.2) is 17.7 Å². The number of carbonyl (C=O) groups excluding carboxylic acids is 1. The van der Waals surface area contributed by atoms with Crippen molar-refractivity contribution in [2.45, 2.75) is 6.92 Å². The molecular weight excluding hydrogens is 260 g/mol. The van der Waals surface area contributed by atoms with Crippen LogP contribution in [0.3, 0.4) is 0 Å². The maximum absolute atomic E-state index is 11.6. The van der Waals surface area contributed by atoms with Crippen molar-refractivity contribution < 1.29 is 19.1 Å². The summed E-state index contributed by atoms with van der Waals surface area (Å²) in [6.45, 7) is 1.79. The Morgan fingerprint density at radius 3 is 2.83 bits per heavy atom. The number of fused-ring (bicyclic) bond motifs is 1. The smallest absolute Gasteiger partial charge is 0.351 e. The predicted octanol–water partition coefficient (Wildman–Crippen LogP) is 2.33. The van der Waals surface area contributed by atoms with Gasteiger partial charge in [-0.2, -0.15) is 0 Å². The molecule has 0 atom stereocenters. The lowest BCUT2D eigenvalue weighted by atomic mass is 10.2. The first-order valence-electron chi connectivity index (χ1n) is 5.16. The minimum absolute atomic E-state index is 0.103. The van der Waals surface area contributed by atoms with Crippen LogP contribution in [0.2, 0.25) is 5.02 Å². The van der Waals surface area contributed by atoms with Crippen LogP contribution in [0.5, 0.6) is 5.75 Å². The Kier molecular flexibility index (Phi) is 3.25. The molecule has 1 heterocycles. The second kappa shape index (κ2) is 4.70. The van der Waals surface area contributed by atoms with Crippen molar-refractivity contribution in [1.29, 1.82) is 0 Å². The lowest BCUT2D eigenvalue weighted by Gasteiger charge is -2.03. The molecule has 2 aromatic rings. The van der Waals surface area contributed by atoms with E-state index in [1.807, 2.05) is 0 Å². The lowest BCUT2D eigenvalue weighted by Crippen LogP contribution is -2.16. The van der Waals surface area contributed by atoms with Crippen molar-refractivity contribution >= 4 is 28.5 Å². The molecule has 18 heavy (non-hydrogen) atoms. The predicted molar refractivity (Wildman–Crippen MR) is 65.1 cm³/mol. The van der Waals surface area contributed by atoms with Crippen molar-refractivity contribution in [3.8, 4) is 5.75 Å². The summed E-state index contributed by atoms with van der Waals surface area (Å²) in [7, 11) is 0. The topological polar surface area (TPSA) is 76.7 Å². The number of phenols is 1. The van der Waals surface area contributed by atoms with Crippen LogP contribution >= 0.6 is 11.6 Å². The fourth-order valence-electron chi connectivity index (χ4n) is 1.48. The molecule has 0 fully saturated rings. The van der Waals surface area contributed by atoms with Gasteiger partial charge in [0.15, 0.2) is 0 Å². The van der Waals surface area contributed by atoms with E-state index in [4.69, 9.17) is 20.8 Å². The molecule has 0 bridgehead atoms. The summed E-state index contributed by atoms with van der Waals surface area (Å²) in [4.78, 5) is 23.1. The summed E-state index contributed by atoms with van der Waals surface area (Å²) in [5.41, 5.74) is -0.872. The highest BCUT2D eigenvalue weighted by molar-refractivity contribution is 6.32. The molecule has 0 aliphatic rings. The van der Waals surface area contributed by atoms with Gasteiger partial charge in [-0.25, -0.2) is 9.59 Å². The fourth-order valence-corrected chi connectivity index (χ4v) is 1.65. The van der Waals surface area contributed by atoms with Crippen LogP contribution in [-0.2, 0) is 4.74 Å². The van der Waals surface area contributed by atoms with E-state index in [9.17, 15) is 14.7 Å². The van der Waals surface area contributed by atoms with Gasteiger partial charge in [-0.15, -0.1) is 0 Å². The number of aromatic hydroxyl groups is 1. The molecule has 0 unspecified atom stereocenters. The number of ether oxygens (including phenoxy) is 1. The maximum Gasteiger partial charge on any atom is 0.351 e. The monoisotopic (exact) mass is 268 g/mol. The number of esters is 1. The summed E-state index contributed by atoms with van der Waals surface area (Å²) >= 11 is 5.73. The quantitative estimate of drug-likeness (QED) is 0.668. The van der Waals surface area contributed by atoms with Crippen molar-refractivity contribution in [2.24, 2.45) is 0 Å². The third kappa shape index (κ3) is 2.17. The molecule has 1 N–H and O–H groups in total. The van der Waals surface area contributed by atoms with Crippen LogP contribution in [0.1, 0.15) is 17.3 Å². The Morgan fingerprint density at radius 2 is 2.17 bits per heavy atom. The van der Waals surface area contributed by atoms with E-state index in [-0.39, 0.29) is 28.5 Å². The molecule has 0 amide bonds. The molecule has 94 valence electrons. The molecule has 6 heteroatoms. The fraction of sp³-hybridized carbons (Fsp3) is 0.167. The van der Waals surface area contributed by atoms with Gasteiger partial charge in [0.2, 0.25) is 0 Å². The van der Waals surface area contributed by atoms with Crippen LogP contribution in [0.4, 0.5) is 0 Å². The normalized spacial score (nSPS) is 10.6. The summed E-state index contributed by atoms with van der Waals surface area (Å²) in [5.74, 6) is -0.950. The SMILES string of the molecule is CCOC(=O)c1cc2cc(Cl)c(O)cc2oc1=O. The average Bonchev–Trinajstić information content (AvgIpc) is 2.31. The molecule has 0 spiro atoms. The van der Waals surface area contributed by atoms with Gasteiger partial charge in [0.05, 0.1) is 11.6 Å². The second-order valence-electron chi connectivity index (χ2n) is 3.51. The Labute approximate surface area is 107 Å². The van der Waals surface area contributed by atoms with E-state index in [1.165, 1.54) is 18.2 Å². The van der Waals surface area contributed by atoms with Crippen LogP contribution in [0, 0.1) is 0 Å². The van der Waals surface area contributed by atoms with Gasteiger partial charge in [0, 0.05) is 11.5 Å². The summed E-state index contributed by atoms with van der Waals surface area (Å²) in [6.07, 6.45) is 0. The first kappa shape index (κ1) is 12.4. The van der Waals surface area contributed by atoms with E-state index in [1.54, 1.807) is 6.92 Å². The highest BCUT2D eigenvalue weighted by Gasteiger charge is 2.15. The molecule has 0 aliphatic carbocycles. The van der Waals surface area contributed by atoms with Gasteiger partial charge >= 0.3 is 11.6 Å². The molecule has 0 saturated carbocycles. The molecule has 0 aliphatic heterocycles. The number of phenolic OH excluding ortho intramolecular Hbond substituents is 1. The number of hydrogen-bond donors (Lipinski definition) is 1. The Morgan fingerprint density at radius 1 is 1.44 bits per heavy atom. The Balaban J connectivity index is 2.65.